The minimum Gasteiger partial charge on any atom is -0.493 e. The van der Waals surface area contributed by atoms with Crippen LogP contribution in [0.15, 0.2) is 12.1 Å². The number of benzene rings is 1. The lowest BCUT2D eigenvalue weighted by Gasteiger charge is -2.16. The van der Waals surface area contributed by atoms with Gasteiger partial charge in [-0.05, 0) is 54.9 Å². The summed E-state index contributed by atoms with van der Waals surface area (Å²) in [6, 6.07) is 4.13. The van der Waals surface area contributed by atoms with Crippen LogP contribution in [0.3, 0.4) is 0 Å². The number of hydrogen-bond donors (Lipinski definition) is 1. The first-order chi connectivity index (χ1) is 7.58. The molecule has 0 amide bonds. The minimum atomic E-state index is 0.456. The summed E-state index contributed by atoms with van der Waals surface area (Å²) >= 11 is 0. The summed E-state index contributed by atoms with van der Waals surface area (Å²) in [4.78, 5) is 0. The van der Waals surface area contributed by atoms with E-state index >= 15 is 0 Å². The van der Waals surface area contributed by atoms with Crippen LogP contribution in [-0.4, -0.2) is 6.61 Å². The summed E-state index contributed by atoms with van der Waals surface area (Å²) in [5, 5.41) is 0. The van der Waals surface area contributed by atoms with E-state index in [-0.39, 0.29) is 0 Å². The molecule has 0 aliphatic heterocycles. The highest BCUT2D eigenvalue weighted by atomic mass is 16.5. The van der Waals surface area contributed by atoms with Gasteiger partial charge in [-0.3, -0.25) is 0 Å². The molecule has 0 heterocycles. The zero-order chi connectivity index (χ0) is 11.7. The Labute approximate surface area is 97.8 Å². The Hall–Kier alpha value is -1.18. The topological polar surface area (TPSA) is 35.2 Å². The van der Waals surface area contributed by atoms with Crippen molar-refractivity contribution >= 4 is 5.69 Å². The van der Waals surface area contributed by atoms with E-state index in [0.717, 1.165) is 29.5 Å². The maximum atomic E-state index is 5.94. The van der Waals surface area contributed by atoms with Crippen molar-refractivity contribution in [3.8, 4) is 5.75 Å². The second-order valence-corrected chi connectivity index (χ2v) is 5.16. The van der Waals surface area contributed by atoms with Crippen LogP contribution in [0.1, 0.15) is 43.7 Å². The van der Waals surface area contributed by atoms with E-state index in [1.165, 1.54) is 18.4 Å². The maximum Gasteiger partial charge on any atom is 0.123 e. The minimum absolute atomic E-state index is 0.456. The second kappa shape index (κ2) is 4.36. The van der Waals surface area contributed by atoms with Crippen molar-refractivity contribution in [3.05, 3.63) is 23.3 Å². The molecule has 1 saturated carbocycles. The average molecular weight is 219 g/mol. The van der Waals surface area contributed by atoms with Gasteiger partial charge in [0.1, 0.15) is 5.75 Å². The van der Waals surface area contributed by atoms with Crippen LogP contribution in [0.25, 0.3) is 0 Å². The predicted octanol–water partition coefficient (Wildman–Crippen LogP) is 3.49. The first kappa shape index (κ1) is 11.3. The monoisotopic (exact) mass is 219 g/mol. The highest BCUT2D eigenvalue weighted by molar-refractivity contribution is 5.55. The molecule has 2 rings (SSSR count). The van der Waals surface area contributed by atoms with Crippen LogP contribution >= 0.6 is 0 Å². The molecule has 0 bridgehead atoms. The van der Waals surface area contributed by atoms with Gasteiger partial charge in [0.15, 0.2) is 0 Å². The Morgan fingerprint density at radius 1 is 1.38 bits per heavy atom. The quantitative estimate of drug-likeness (QED) is 0.787. The first-order valence-corrected chi connectivity index (χ1v) is 6.10. The smallest absolute Gasteiger partial charge is 0.123 e. The molecule has 2 N–H and O–H groups in total. The summed E-state index contributed by atoms with van der Waals surface area (Å²) in [5.41, 5.74) is 9.14. The second-order valence-electron chi connectivity index (χ2n) is 5.16. The van der Waals surface area contributed by atoms with Crippen molar-refractivity contribution in [1.82, 2.24) is 0 Å². The normalized spacial score (nSPS) is 15.5. The van der Waals surface area contributed by atoms with Gasteiger partial charge < -0.3 is 10.5 Å². The molecule has 1 aliphatic rings. The van der Waals surface area contributed by atoms with Gasteiger partial charge >= 0.3 is 0 Å². The molecular formula is C14H21NO. The molecule has 0 radical (unpaired) electrons. The molecule has 1 aromatic carbocycles. The van der Waals surface area contributed by atoms with Gasteiger partial charge in [0.25, 0.3) is 0 Å². The van der Waals surface area contributed by atoms with Crippen LogP contribution in [0.2, 0.25) is 0 Å². The Morgan fingerprint density at radius 2 is 2.06 bits per heavy atom. The SMILES string of the molecule is Cc1cc(OCC2CC2)c(C(C)C)cc1N. The third-order valence-electron chi connectivity index (χ3n) is 3.19. The summed E-state index contributed by atoms with van der Waals surface area (Å²) in [7, 11) is 0. The zero-order valence-electron chi connectivity index (χ0n) is 10.4. The molecule has 0 spiro atoms. The van der Waals surface area contributed by atoms with E-state index in [2.05, 4.69) is 26.0 Å². The highest BCUT2D eigenvalue weighted by Gasteiger charge is 2.22. The van der Waals surface area contributed by atoms with E-state index in [9.17, 15) is 0 Å². The molecule has 0 unspecified atom stereocenters. The standard InChI is InChI=1S/C14H21NO/c1-9(2)12-7-13(15)10(3)6-14(12)16-8-11-4-5-11/h6-7,9,11H,4-5,8,15H2,1-3H3. The van der Waals surface area contributed by atoms with Crippen LogP contribution in [-0.2, 0) is 0 Å². The first-order valence-electron chi connectivity index (χ1n) is 6.10. The molecule has 0 aromatic heterocycles. The number of hydrogen-bond acceptors (Lipinski definition) is 2. The van der Waals surface area contributed by atoms with E-state index < -0.39 is 0 Å². The van der Waals surface area contributed by atoms with E-state index in [1.54, 1.807) is 0 Å². The Kier molecular flexibility index (Phi) is 3.08. The summed E-state index contributed by atoms with van der Waals surface area (Å²) in [5.74, 6) is 2.27. The fraction of sp³-hybridized carbons (Fsp3) is 0.571. The van der Waals surface area contributed by atoms with Gasteiger partial charge in [-0.2, -0.15) is 0 Å². The van der Waals surface area contributed by atoms with E-state index in [1.807, 2.05) is 6.92 Å². The lowest BCUT2D eigenvalue weighted by Crippen LogP contribution is -2.04. The van der Waals surface area contributed by atoms with Crippen molar-refractivity contribution < 1.29 is 4.74 Å². The van der Waals surface area contributed by atoms with Crippen LogP contribution in [0.5, 0.6) is 5.75 Å². The predicted molar refractivity (Wildman–Crippen MR) is 67.9 cm³/mol. The van der Waals surface area contributed by atoms with Crippen molar-refractivity contribution in [2.75, 3.05) is 12.3 Å². The van der Waals surface area contributed by atoms with Crippen molar-refractivity contribution in [2.45, 2.75) is 39.5 Å². The largest absolute Gasteiger partial charge is 0.493 e. The van der Waals surface area contributed by atoms with Gasteiger partial charge in [0, 0.05) is 5.69 Å². The molecule has 1 fully saturated rings. The van der Waals surface area contributed by atoms with Gasteiger partial charge in [0.05, 0.1) is 6.61 Å². The molecule has 2 nitrogen and oxygen atoms in total. The molecule has 88 valence electrons. The van der Waals surface area contributed by atoms with Crippen molar-refractivity contribution in [2.24, 2.45) is 5.92 Å². The fourth-order valence-electron chi connectivity index (χ4n) is 1.78. The molecule has 16 heavy (non-hydrogen) atoms. The van der Waals surface area contributed by atoms with Crippen LogP contribution in [0.4, 0.5) is 5.69 Å². The van der Waals surface area contributed by atoms with Crippen molar-refractivity contribution in [1.29, 1.82) is 0 Å². The van der Waals surface area contributed by atoms with Gasteiger partial charge in [0.2, 0.25) is 0 Å². The van der Waals surface area contributed by atoms with E-state index in [4.69, 9.17) is 10.5 Å². The van der Waals surface area contributed by atoms with Crippen LogP contribution < -0.4 is 10.5 Å². The fourth-order valence-corrected chi connectivity index (χ4v) is 1.78. The third-order valence-corrected chi connectivity index (χ3v) is 3.19. The zero-order valence-corrected chi connectivity index (χ0v) is 10.4. The molecule has 2 heteroatoms. The molecule has 1 aliphatic carbocycles. The summed E-state index contributed by atoms with van der Waals surface area (Å²) in [6.45, 7) is 7.24. The lowest BCUT2D eigenvalue weighted by atomic mass is 9.99. The maximum absolute atomic E-state index is 5.94. The molecule has 1 aromatic rings. The van der Waals surface area contributed by atoms with E-state index in [0.29, 0.717) is 5.92 Å². The number of nitrogen functional groups attached to an aromatic ring is 1. The highest BCUT2D eigenvalue weighted by Crippen LogP contribution is 2.34. The number of anilines is 1. The third kappa shape index (κ3) is 2.49. The number of nitrogens with two attached hydrogens (primary N) is 1. The Bertz CT molecular complexity index is 381. The molecule has 0 saturated heterocycles. The van der Waals surface area contributed by atoms with Gasteiger partial charge in [-0.25, -0.2) is 0 Å². The lowest BCUT2D eigenvalue weighted by molar-refractivity contribution is 0.295. The average Bonchev–Trinajstić information content (AvgIpc) is 3.02. The van der Waals surface area contributed by atoms with Gasteiger partial charge in [-0.15, -0.1) is 0 Å². The number of ether oxygens (including phenoxy) is 1. The Morgan fingerprint density at radius 3 is 2.62 bits per heavy atom. The molecular weight excluding hydrogens is 198 g/mol. The van der Waals surface area contributed by atoms with Gasteiger partial charge in [-0.1, -0.05) is 13.8 Å². The van der Waals surface area contributed by atoms with Crippen molar-refractivity contribution in [3.63, 3.8) is 0 Å². The number of rotatable bonds is 4. The van der Waals surface area contributed by atoms with Crippen LogP contribution in [0, 0.1) is 12.8 Å². The summed E-state index contributed by atoms with van der Waals surface area (Å²) in [6.07, 6.45) is 2.65. The molecule has 0 atom stereocenters. The number of aryl methyl sites for hydroxylation is 1. The summed E-state index contributed by atoms with van der Waals surface area (Å²) < 4.78 is 5.90. The Balaban J connectivity index is 2.21.